The van der Waals surface area contributed by atoms with Crippen molar-refractivity contribution in [3.05, 3.63) is 81.8 Å². The van der Waals surface area contributed by atoms with Crippen LogP contribution in [0.5, 0.6) is 0 Å². The number of aromatic nitrogens is 2. The van der Waals surface area contributed by atoms with E-state index in [4.69, 9.17) is 0 Å². The zero-order chi connectivity index (χ0) is 20.5. The number of esters is 1. The number of ether oxygens (including phenoxy) is 1. The number of nitrogens with one attached hydrogen (secondary N) is 1. The molecule has 0 aliphatic carbocycles. The molecule has 148 valence electrons. The highest BCUT2D eigenvalue weighted by atomic mass is 16.5. The molecule has 7 nitrogen and oxygen atoms in total. The third-order valence-electron chi connectivity index (χ3n) is 5.17. The van der Waals surface area contributed by atoms with Crippen molar-refractivity contribution in [2.45, 2.75) is 19.3 Å². The first-order chi connectivity index (χ1) is 14.0. The van der Waals surface area contributed by atoms with Crippen LogP contribution in [0.25, 0.3) is 5.69 Å². The Balaban J connectivity index is 1.57. The molecule has 2 heterocycles. The maximum Gasteiger partial charge on any atom is 0.311 e. The predicted molar refractivity (Wildman–Crippen MR) is 109 cm³/mol. The number of H-pyrrole nitrogens is 1. The van der Waals surface area contributed by atoms with Crippen LogP contribution in [0.3, 0.4) is 0 Å². The van der Waals surface area contributed by atoms with Crippen molar-refractivity contribution in [2.24, 2.45) is 0 Å². The van der Waals surface area contributed by atoms with Gasteiger partial charge in [-0.2, -0.15) is 0 Å². The molecule has 1 N–H and O–H groups in total. The average molecular weight is 391 g/mol. The number of hydrogen-bond donors (Lipinski definition) is 1. The molecule has 0 saturated carbocycles. The van der Waals surface area contributed by atoms with Gasteiger partial charge in [0.2, 0.25) is 0 Å². The fourth-order valence-corrected chi connectivity index (χ4v) is 3.68. The van der Waals surface area contributed by atoms with E-state index < -0.39 is 5.97 Å². The normalized spacial score (nSPS) is 15.2. The molecule has 3 aromatic rings. The fourth-order valence-electron chi connectivity index (χ4n) is 3.68. The minimum atomic E-state index is -0.431. The molecule has 7 heteroatoms. The number of amides is 1. The Morgan fingerprint density at radius 2 is 1.86 bits per heavy atom. The Kier molecular flexibility index (Phi) is 4.80. The van der Waals surface area contributed by atoms with Gasteiger partial charge in [-0.15, -0.1) is 0 Å². The average Bonchev–Trinajstić information content (AvgIpc) is 3.27. The molecule has 1 amide bonds. The number of aromatic amines is 1. The van der Waals surface area contributed by atoms with E-state index in [1.54, 1.807) is 29.2 Å². The monoisotopic (exact) mass is 391 g/mol. The Morgan fingerprint density at radius 1 is 1.14 bits per heavy atom. The number of benzene rings is 2. The molecule has 2 aromatic carbocycles. The highest BCUT2D eigenvalue weighted by molar-refractivity contribution is 6.07. The summed E-state index contributed by atoms with van der Waals surface area (Å²) in [6.07, 6.45) is -0.0120. The van der Waals surface area contributed by atoms with Gasteiger partial charge in [-0.1, -0.05) is 25.1 Å². The van der Waals surface area contributed by atoms with E-state index in [1.165, 1.54) is 23.4 Å². The lowest BCUT2D eigenvalue weighted by Gasteiger charge is -2.18. The first-order valence-corrected chi connectivity index (χ1v) is 9.37. The highest BCUT2D eigenvalue weighted by Crippen LogP contribution is 2.36. The van der Waals surface area contributed by atoms with Crippen LogP contribution in [0.15, 0.2) is 59.4 Å². The highest BCUT2D eigenvalue weighted by Gasteiger charge is 2.29. The molecule has 1 aliphatic rings. The third kappa shape index (κ3) is 3.47. The standard InChI is InChI=1S/C22H21N3O4/c1-14-13-24(19-6-4-3-5-18(14)19)22(28)15-7-9-17(10-8-15)25-20(26)11-16(23-25)12-21(27)29-2/h3-11,14,23H,12-13H2,1-2H3/t14-/m0/s1. The van der Waals surface area contributed by atoms with E-state index in [-0.39, 0.29) is 17.9 Å². The van der Waals surface area contributed by atoms with Crippen LogP contribution < -0.4 is 10.5 Å². The maximum absolute atomic E-state index is 13.0. The van der Waals surface area contributed by atoms with Crippen molar-refractivity contribution in [1.29, 1.82) is 0 Å². The van der Waals surface area contributed by atoms with Crippen molar-refractivity contribution in [3.63, 3.8) is 0 Å². The van der Waals surface area contributed by atoms with Crippen LogP contribution in [0.1, 0.15) is 34.5 Å². The number of carbonyl (C=O) groups is 2. The SMILES string of the molecule is COC(=O)Cc1cc(=O)n(-c2ccc(C(=O)N3C[C@H](C)c4ccccc43)cc2)[nH]1. The van der Waals surface area contributed by atoms with E-state index in [0.29, 0.717) is 29.4 Å². The number of fused-ring (bicyclic) bond motifs is 1. The second kappa shape index (κ2) is 7.43. The molecule has 0 saturated heterocycles. The van der Waals surface area contributed by atoms with Crippen LogP contribution in [0.2, 0.25) is 0 Å². The lowest BCUT2D eigenvalue weighted by Crippen LogP contribution is -2.29. The quantitative estimate of drug-likeness (QED) is 0.693. The number of anilines is 1. The van der Waals surface area contributed by atoms with Gasteiger partial charge in [0.25, 0.3) is 11.5 Å². The summed E-state index contributed by atoms with van der Waals surface area (Å²) in [6.45, 7) is 2.76. The van der Waals surface area contributed by atoms with E-state index >= 15 is 0 Å². The molecular weight excluding hydrogens is 370 g/mol. The first kappa shape index (κ1) is 18.7. The number of hydrogen-bond acceptors (Lipinski definition) is 4. The van der Waals surface area contributed by atoms with E-state index in [1.807, 2.05) is 18.2 Å². The molecule has 0 unspecified atom stereocenters. The van der Waals surface area contributed by atoms with Crippen molar-refractivity contribution in [3.8, 4) is 5.69 Å². The molecule has 0 bridgehead atoms. The lowest BCUT2D eigenvalue weighted by molar-refractivity contribution is -0.139. The molecule has 1 aliphatic heterocycles. The largest absolute Gasteiger partial charge is 0.469 e. The van der Waals surface area contributed by atoms with Crippen molar-refractivity contribution >= 4 is 17.6 Å². The summed E-state index contributed by atoms with van der Waals surface area (Å²) in [6, 6.07) is 16.1. The second-order valence-corrected chi connectivity index (χ2v) is 7.13. The number of nitrogens with zero attached hydrogens (tertiary/aromatic N) is 2. The summed E-state index contributed by atoms with van der Waals surface area (Å²) in [5.74, 6) is -0.210. The van der Waals surface area contributed by atoms with Gasteiger partial charge in [0.15, 0.2) is 0 Å². The maximum atomic E-state index is 13.0. The smallest absolute Gasteiger partial charge is 0.311 e. The summed E-state index contributed by atoms with van der Waals surface area (Å²) in [5, 5.41) is 2.89. The Bertz CT molecular complexity index is 1130. The fraction of sp³-hybridized carbons (Fsp3) is 0.227. The summed E-state index contributed by atoms with van der Waals surface area (Å²) in [5.41, 5.74) is 3.43. The number of rotatable bonds is 4. The van der Waals surface area contributed by atoms with Crippen LogP contribution in [0, 0.1) is 0 Å². The minimum absolute atomic E-state index is 0.0120. The minimum Gasteiger partial charge on any atom is -0.469 e. The first-order valence-electron chi connectivity index (χ1n) is 9.37. The van der Waals surface area contributed by atoms with Crippen LogP contribution in [-0.4, -0.2) is 35.3 Å². The van der Waals surface area contributed by atoms with Crippen molar-refractivity contribution in [2.75, 3.05) is 18.6 Å². The van der Waals surface area contributed by atoms with Gasteiger partial charge >= 0.3 is 5.97 Å². The molecule has 1 aromatic heterocycles. The second-order valence-electron chi connectivity index (χ2n) is 7.13. The molecule has 4 rings (SSSR count). The third-order valence-corrected chi connectivity index (χ3v) is 5.17. The Hall–Kier alpha value is -3.61. The number of methoxy groups -OCH3 is 1. The van der Waals surface area contributed by atoms with Gasteiger partial charge in [0, 0.05) is 35.5 Å². The summed E-state index contributed by atoms with van der Waals surface area (Å²) in [7, 11) is 1.30. The Morgan fingerprint density at radius 3 is 2.59 bits per heavy atom. The van der Waals surface area contributed by atoms with Gasteiger partial charge in [-0.05, 0) is 35.9 Å². The molecule has 0 fully saturated rings. The number of para-hydroxylation sites is 1. The Labute approximate surface area is 167 Å². The topological polar surface area (TPSA) is 84.4 Å². The van der Waals surface area contributed by atoms with Crippen LogP contribution in [-0.2, 0) is 16.0 Å². The van der Waals surface area contributed by atoms with Gasteiger partial charge in [-0.25, -0.2) is 4.68 Å². The van der Waals surface area contributed by atoms with E-state index in [0.717, 1.165) is 5.69 Å². The van der Waals surface area contributed by atoms with E-state index in [2.05, 4.69) is 22.8 Å². The van der Waals surface area contributed by atoms with Crippen LogP contribution >= 0.6 is 0 Å². The van der Waals surface area contributed by atoms with Gasteiger partial charge < -0.3 is 9.64 Å². The molecule has 0 spiro atoms. The van der Waals surface area contributed by atoms with Crippen molar-refractivity contribution < 1.29 is 14.3 Å². The van der Waals surface area contributed by atoms with E-state index in [9.17, 15) is 14.4 Å². The van der Waals surface area contributed by atoms with Crippen LogP contribution in [0.4, 0.5) is 5.69 Å². The molecule has 1 atom stereocenters. The van der Waals surface area contributed by atoms with Gasteiger partial charge in [0.05, 0.1) is 19.2 Å². The number of carbonyl (C=O) groups excluding carboxylic acids is 2. The summed E-state index contributed by atoms with van der Waals surface area (Å²) >= 11 is 0. The molecule has 29 heavy (non-hydrogen) atoms. The molecular formula is C22H21N3O4. The summed E-state index contributed by atoms with van der Waals surface area (Å²) in [4.78, 5) is 38.4. The molecule has 0 radical (unpaired) electrons. The predicted octanol–water partition coefficient (Wildman–Crippen LogP) is 2.65. The van der Waals surface area contributed by atoms with Crippen molar-refractivity contribution in [1.82, 2.24) is 9.78 Å². The zero-order valence-electron chi connectivity index (χ0n) is 16.2. The zero-order valence-corrected chi connectivity index (χ0v) is 16.2. The van der Waals surface area contributed by atoms with Gasteiger partial charge in [0.1, 0.15) is 0 Å². The lowest BCUT2D eigenvalue weighted by atomic mass is 10.0. The van der Waals surface area contributed by atoms with Gasteiger partial charge in [-0.3, -0.25) is 19.5 Å². The summed E-state index contributed by atoms with van der Waals surface area (Å²) < 4.78 is 5.95.